The molecule has 1 atom stereocenters. The van der Waals surface area contributed by atoms with E-state index in [9.17, 15) is 8.42 Å². The summed E-state index contributed by atoms with van der Waals surface area (Å²) in [4.78, 5) is 0. The van der Waals surface area contributed by atoms with Gasteiger partial charge in [-0.25, -0.2) is 5.14 Å². The Morgan fingerprint density at radius 2 is 1.89 bits per heavy atom. The van der Waals surface area contributed by atoms with Crippen LogP contribution in [0.3, 0.4) is 0 Å². The molecule has 0 amide bonds. The third-order valence-corrected chi connectivity index (χ3v) is 2.65. The minimum Gasteiger partial charge on any atom is -0.486 e. The summed E-state index contributed by atoms with van der Waals surface area (Å²) in [5.41, 5.74) is 0. The molecule has 1 aliphatic heterocycles. The molecule has 0 spiro atoms. The van der Waals surface area contributed by atoms with Crippen molar-refractivity contribution in [1.82, 2.24) is 4.72 Å². The molecule has 1 aliphatic rings. The van der Waals surface area contributed by atoms with E-state index < -0.39 is 10.2 Å². The molecule has 3 N–H and O–H groups in total. The summed E-state index contributed by atoms with van der Waals surface area (Å²) in [6, 6.07) is 7.21. The lowest BCUT2D eigenvalue weighted by atomic mass is 10.2. The summed E-state index contributed by atoms with van der Waals surface area (Å²) in [7, 11) is -3.69. The molecule has 110 valence electrons. The van der Waals surface area contributed by atoms with E-state index in [-0.39, 0.29) is 26.1 Å². The van der Waals surface area contributed by atoms with Crippen LogP contribution in [0.25, 0.3) is 0 Å². The molecule has 1 aromatic rings. The highest BCUT2D eigenvalue weighted by molar-refractivity contribution is 7.87. The molecule has 0 saturated heterocycles. The number of fused-ring (bicyclic) bond motifs is 1. The quantitative estimate of drug-likeness (QED) is 0.862. The van der Waals surface area contributed by atoms with Crippen molar-refractivity contribution in [3.8, 4) is 11.5 Å². The fourth-order valence-electron chi connectivity index (χ4n) is 1.37. The molecule has 6 nitrogen and oxygen atoms in total. The Morgan fingerprint density at radius 1 is 1.32 bits per heavy atom. The maximum atomic E-state index is 10.7. The lowest BCUT2D eigenvalue weighted by Gasteiger charge is -2.26. The largest absolute Gasteiger partial charge is 0.486 e. The number of para-hydroxylation sites is 2. The summed E-state index contributed by atoms with van der Waals surface area (Å²) in [5.74, 6) is 1.27. The monoisotopic (exact) mass is 308 g/mol. The average Bonchev–Trinajstić information content (AvgIpc) is 2.38. The SMILES string of the molecule is CC.NS(=O)(=O)NC[C@H]1COc2ccccc2O1.S. The molecule has 1 heterocycles. The zero-order valence-electron chi connectivity index (χ0n) is 10.9. The summed E-state index contributed by atoms with van der Waals surface area (Å²) in [6.07, 6.45) is -0.367. The van der Waals surface area contributed by atoms with Crippen molar-refractivity contribution in [2.45, 2.75) is 20.0 Å². The number of benzene rings is 1. The minimum atomic E-state index is -3.69. The lowest BCUT2D eigenvalue weighted by Crippen LogP contribution is -2.42. The van der Waals surface area contributed by atoms with Crippen LogP contribution in [-0.4, -0.2) is 27.7 Å². The summed E-state index contributed by atoms with van der Waals surface area (Å²) in [6.45, 7) is 4.38. The molecule has 0 unspecified atom stereocenters. The number of rotatable bonds is 3. The molecular weight excluding hydrogens is 288 g/mol. The molecule has 0 aromatic heterocycles. The normalized spacial score (nSPS) is 16.7. The van der Waals surface area contributed by atoms with Crippen LogP contribution in [-0.2, 0) is 10.2 Å². The van der Waals surface area contributed by atoms with Gasteiger partial charge in [0.05, 0.1) is 6.54 Å². The van der Waals surface area contributed by atoms with Gasteiger partial charge in [-0.05, 0) is 12.1 Å². The number of ether oxygens (including phenoxy) is 2. The second-order valence-corrected chi connectivity index (χ2v) is 4.77. The first-order chi connectivity index (χ1) is 8.54. The highest BCUT2D eigenvalue weighted by Crippen LogP contribution is 2.30. The molecule has 0 fully saturated rings. The summed E-state index contributed by atoms with van der Waals surface area (Å²) < 4.78 is 34.5. The number of nitrogens with one attached hydrogen (secondary N) is 1. The van der Waals surface area contributed by atoms with Crippen molar-refractivity contribution >= 4 is 23.7 Å². The van der Waals surface area contributed by atoms with E-state index >= 15 is 0 Å². The second-order valence-electron chi connectivity index (χ2n) is 3.39. The summed E-state index contributed by atoms with van der Waals surface area (Å²) in [5, 5.41) is 4.81. The maximum Gasteiger partial charge on any atom is 0.274 e. The van der Waals surface area contributed by atoms with Gasteiger partial charge in [-0.15, -0.1) is 0 Å². The van der Waals surface area contributed by atoms with E-state index in [1.54, 1.807) is 12.1 Å². The predicted molar refractivity (Wildman–Crippen MR) is 79.2 cm³/mol. The fraction of sp³-hybridized carbons (Fsp3) is 0.455. The smallest absolute Gasteiger partial charge is 0.274 e. The van der Waals surface area contributed by atoms with Gasteiger partial charge < -0.3 is 9.47 Å². The van der Waals surface area contributed by atoms with Crippen LogP contribution in [0.1, 0.15) is 13.8 Å². The summed E-state index contributed by atoms with van der Waals surface area (Å²) >= 11 is 0. The maximum absolute atomic E-state index is 10.7. The highest BCUT2D eigenvalue weighted by atomic mass is 32.2. The van der Waals surface area contributed by atoms with Crippen molar-refractivity contribution < 1.29 is 17.9 Å². The molecular formula is C11H20N2O4S2. The van der Waals surface area contributed by atoms with Crippen LogP contribution in [0.4, 0.5) is 0 Å². The van der Waals surface area contributed by atoms with Gasteiger partial charge in [0.25, 0.3) is 10.2 Å². The van der Waals surface area contributed by atoms with Gasteiger partial charge in [0, 0.05) is 0 Å². The zero-order chi connectivity index (χ0) is 13.6. The van der Waals surface area contributed by atoms with Gasteiger partial charge >= 0.3 is 0 Å². The lowest BCUT2D eigenvalue weighted by molar-refractivity contribution is 0.0943. The van der Waals surface area contributed by atoms with Crippen molar-refractivity contribution in [3.63, 3.8) is 0 Å². The molecule has 19 heavy (non-hydrogen) atoms. The van der Waals surface area contributed by atoms with Gasteiger partial charge in [-0.1, -0.05) is 26.0 Å². The van der Waals surface area contributed by atoms with Gasteiger partial charge in [0.1, 0.15) is 12.7 Å². The molecule has 1 aromatic carbocycles. The van der Waals surface area contributed by atoms with Crippen molar-refractivity contribution in [1.29, 1.82) is 0 Å². The fourth-order valence-corrected chi connectivity index (χ4v) is 1.79. The molecule has 2 rings (SSSR count). The Labute approximate surface area is 120 Å². The van der Waals surface area contributed by atoms with Crippen LogP contribution in [0.2, 0.25) is 0 Å². The first-order valence-corrected chi connectivity index (χ1v) is 7.25. The highest BCUT2D eigenvalue weighted by Gasteiger charge is 2.21. The third-order valence-electron chi connectivity index (χ3n) is 2.08. The molecule has 8 heteroatoms. The van der Waals surface area contributed by atoms with E-state index in [0.29, 0.717) is 18.1 Å². The second kappa shape index (κ2) is 8.26. The van der Waals surface area contributed by atoms with Gasteiger partial charge in [0.15, 0.2) is 11.5 Å². The first-order valence-electron chi connectivity index (χ1n) is 5.70. The molecule has 0 aliphatic carbocycles. The Hall–Kier alpha value is -0.960. The number of nitrogens with two attached hydrogens (primary N) is 1. The Kier molecular flexibility index (Phi) is 7.84. The van der Waals surface area contributed by atoms with Gasteiger partial charge in [0.2, 0.25) is 0 Å². The number of hydrogen-bond donors (Lipinski definition) is 2. The molecule has 0 bridgehead atoms. The minimum absolute atomic E-state index is 0. The number of hydrogen-bond acceptors (Lipinski definition) is 4. The van der Waals surface area contributed by atoms with Crippen LogP contribution in [0, 0.1) is 0 Å². The van der Waals surface area contributed by atoms with E-state index in [4.69, 9.17) is 14.6 Å². The topological polar surface area (TPSA) is 90.7 Å². The Morgan fingerprint density at radius 3 is 2.47 bits per heavy atom. The van der Waals surface area contributed by atoms with Crippen molar-refractivity contribution in [3.05, 3.63) is 24.3 Å². The van der Waals surface area contributed by atoms with Crippen LogP contribution in [0.5, 0.6) is 11.5 Å². The van der Waals surface area contributed by atoms with Crippen LogP contribution in [0.15, 0.2) is 24.3 Å². The van der Waals surface area contributed by atoms with Gasteiger partial charge in [-0.3, -0.25) is 0 Å². The zero-order valence-corrected chi connectivity index (χ0v) is 12.7. The van der Waals surface area contributed by atoms with E-state index in [0.717, 1.165) is 0 Å². The Balaban J connectivity index is 0.00000103. The third kappa shape index (κ3) is 6.15. The van der Waals surface area contributed by atoms with Crippen LogP contribution >= 0.6 is 13.5 Å². The van der Waals surface area contributed by atoms with Crippen molar-refractivity contribution in [2.24, 2.45) is 5.14 Å². The first kappa shape index (κ1) is 18.0. The Bertz CT molecular complexity index is 479. The molecule has 0 saturated carbocycles. The van der Waals surface area contributed by atoms with E-state index in [1.165, 1.54) is 0 Å². The standard InChI is InChI=1S/C9H12N2O4S.C2H6.H2S/c10-16(12,13)11-5-7-6-14-8-3-1-2-4-9(8)15-7;1-2;/h1-4,7,11H,5-6H2,(H2,10,12,13);1-2H3;1H2/t7-;;/m0../s1. The van der Waals surface area contributed by atoms with E-state index in [1.807, 2.05) is 26.0 Å². The molecule has 0 radical (unpaired) electrons. The van der Waals surface area contributed by atoms with Gasteiger partial charge in [-0.2, -0.15) is 26.6 Å². The van der Waals surface area contributed by atoms with Crippen molar-refractivity contribution in [2.75, 3.05) is 13.2 Å². The predicted octanol–water partition coefficient (Wildman–Crippen LogP) is 0.759. The van der Waals surface area contributed by atoms with Crippen LogP contribution < -0.4 is 19.3 Å². The van der Waals surface area contributed by atoms with E-state index in [2.05, 4.69) is 4.72 Å². The average molecular weight is 308 g/mol.